The maximum absolute atomic E-state index is 14.5. The van der Waals surface area contributed by atoms with Gasteiger partial charge in [-0.15, -0.1) is 6.58 Å². The van der Waals surface area contributed by atoms with Crippen molar-refractivity contribution in [1.82, 2.24) is 5.32 Å². The van der Waals surface area contributed by atoms with Crippen LogP contribution in [-0.4, -0.2) is 49.5 Å². The van der Waals surface area contributed by atoms with Crippen molar-refractivity contribution in [1.29, 1.82) is 0 Å². The summed E-state index contributed by atoms with van der Waals surface area (Å²) in [5.74, 6) is 0.676. The van der Waals surface area contributed by atoms with Crippen LogP contribution in [0.15, 0.2) is 43.0 Å². The van der Waals surface area contributed by atoms with E-state index in [1.165, 1.54) is 0 Å². The van der Waals surface area contributed by atoms with Gasteiger partial charge in [0.2, 0.25) is 0 Å². The predicted octanol–water partition coefficient (Wildman–Crippen LogP) is 5.27. The monoisotopic (exact) mass is 465 g/mol. The van der Waals surface area contributed by atoms with Crippen molar-refractivity contribution in [3.63, 3.8) is 0 Å². The van der Waals surface area contributed by atoms with E-state index < -0.39 is 30.2 Å². The minimum absolute atomic E-state index is 0.0693. The van der Waals surface area contributed by atoms with Gasteiger partial charge in [-0.25, -0.2) is 9.18 Å². The minimum atomic E-state index is -1.49. The second kappa shape index (κ2) is 12.5. The van der Waals surface area contributed by atoms with Crippen molar-refractivity contribution >= 4 is 6.09 Å². The molecule has 2 rings (SSSR count). The van der Waals surface area contributed by atoms with Crippen LogP contribution >= 0.6 is 0 Å². The van der Waals surface area contributed by atoms with E-state index in [1.807, 2.05) is 30.3 Å². The molecule has 0 aromatic heterocycles. The fourth-order valence-electron chi connectivity index (χ4n) is 3.77. The molecule has 1 fully saturated rings. The molecular weight excluding hydrogens is 425 g/mol. The summed E-state index contributed by atoms with van der Waals surface area (Å²) in [4.78, 5) is 12.1. The molecule has 0 saturated carbocycles. The van der Waals surface area contributed by atoms with Crippen molar-refractivity contribution < 1.29 is 28.1 Å². The average molecular weight is 466 g/mol. The highest BCUT2D eigenvalue weighted by atomic mass is 19.1. The second-order valence-corrected chi connectivity index (χ2v) is 9.89. The fraction of sp³-hybridized carbons (Fsp3) is 0.654. The number of nitrogens with one attached hydrogen (secondary N) is 1. The number of hydrogen-bond donors (Lipinski definition) is 1. The maximum Gasteiger partial charge on any atom is 0.408 e. The van der Waals surface area contributed by atoms with E-state index in [2.05, 4.69) is 32.7 Å². The van der Waals surface area contributed by atoms with Crippen LogP contribution in [-0.2, 0) is 25.6 Å². The van der Waals surface area contributed by atoms with Crippen molar-refractivity contribution in [2.45, 2.75) is 78.4 Å². The molecule has 0 radical (unpaired) electrons. The van der Waals surface area contributed by atoms with Crippen molar-refractivity contribution in [2.75, 3.05) is 13.2 Å². The van der Waals surface area contributed by atoms with Gasteiger partial charge >= 0.3 is 6.09 Å². The number of ether oxygens (including phenoxy) is 4. The molecular formula is C26H40FNO5. The molecule has 1 heterocycles. The number of hydrogen-bond acceptors (Lipinski definition) is 5. The van der Waals surface area contributed by atoms with E-state index in [0.717, 1.165) is 11.6 Å². The minimum Gasteiger partial charge on any atom is -0.444 e. The normalized spacial score (nSPS) is 27.4. The molecule has 33 heavy (non-hydrogen) atoms. The Kier molecular flexibility index (Phi) is 10.3. The summed E-state index contributed by atoms with van der Waals surface area (Å²) in [6.07, 6.45) is -1.74. The lowest BCUT2D eigenvalue weighted by molar-refractivity contribution is -0.259. The Morgan fingerprint density at radius 3 is 2.45 bits per heavy atom. The van der Waals surface area contributed by atoms with E-state index in [1.54, 1.807) is 20.8 Å². The zero-order valence-corrected chi connectivity index (χ0v) is 20.8. The zero-order chi connectivity index (χ0) is 24.6. The Hall–Kier alpha value is -1.96. The largest absolute Gasteiger partial charge is 0.444 e. The highest BCUT2D eigenvalue weighted by Gasteiger charge is 2.40. The summed E-state index contributed by atoms with van der Waals surface area (Å²) < 4.78 is 37.8. The molecule has 7 atom stereocenters. The highest BCUT2D eigenvalue weighted by Crippen LogP contribution is 2.35. The van der Waals surface area contributed by atoms with Crippen LogP contribution in [0, 0.1) is 17.8 Å². The van der Waals surface area contributed by atoms with Gasteiger partial charge in [-0.2, -0.15) is 0 Å². The van der Waals surface area contributed by atoms with Crippen molar-refractivity contribution in [3.05, 3.63) is 48.6 Å². The number of rotatable bonds is 10. The van der Waals surface area contributed by atoms with Crippen LogP contribution in [0.25, 0.3) is 0 Å². The van der Waals surface area contributed by atoms with Gasteiger partial charge in [0.15, 0.2) is 6.29 Å². The summed E-state index contributed by atoms with van der Waals surface area (Å²) in [6, 6.07) is 9.04. The van der Waals surface area contributed by atoms with Gasteiger partial charge in [-0.3, -0.25) is 0 Å². The summed E-state index contributed by atoms with van der Waals surface area (Å²) in [6.45, 7) is 16.0. The lowest BCUT2D eigenvalue weighted by Gasteiger charge is -2.43. The van der Waals surface area contributed by atoms with Crippen molar-refractivity contribution in [3.8, 4) is 0 Å². The number of halogens is 1. The molecule has 6 nitrogen and oxygen atoms in total. The van der Waals surface area contributed by atoms with Gasteiger partial charge in [0.1, 0.15) is 11.8 Å². The van der Waals surface area contributed by atoms with Gasteiger partial charge in [-0.05, 0) is 38.2 Å². The summed E-state index contributed by atoms with van der Waals surface area (Å²) in [7, 11) is 0. The molecule has 1 saturated heterocycles. The summed E-state index contributed by atoms with van der Waals surface area (Å²) >= 11 is 0. The molecule has 0 spiro atoms. The smallest absolute Gasteiger partial charge is 0.408 e. The van der Waals surface area contributed by atoms with Gasteiger partial charge in [0, 0.05) is 5.92 Å². The molecule has 1 aliphatic rings. The third kappa shape index (κ3) is 8.72. The molecule has 0 aliphatic carbocycles. The molecule has 1 N–H and O–H groups in total. The van der Waals surface area contributed by atoms with Crippen LogP contribution in [0.4, 0.5) is 9.18 Å². The van der Waals surface area contributed by atoms with Crippen LogP contribution in [0.3, 0.4) is 0 Å². The van der Waals surface area contributed by atoms with Gasteiger partial charge in [0.05, 0.1) is 32.0 Å². The Morgan fingerprint density at radius 1 is 1.18 bits per heavy atom. The third-order valence-corrected chi connectivity index (χ3v) is 6.13. The first-order valence-electron chi connectivity index (χ1n) is 11.7. The van der Waals surface area contributed by atoms with E-state index in [0.29, 0.717) is 19.1 Å². The topological polar surface area (TPSA) is 66.0 Å². The Morgan fingerprint density at radius 2 is 1.85 bits per heavy atom. The SMILES string of the molecule is C=C[C@@H](F)[C@H](CO[C@@H]1OC(COCc2ccccc2)[C@H](C)[C@H](C)C1C)NC(=O)OC(C)(C)C. The average Bonchev–Trinajstić information content (AvgIpc) is 2.76. The van der Waals surface area contributed by atoms with E-state index in [9.17, 15) is 9.18 Å². The number of carbonyl (C=O) groups is 1. The third-order valence-electron chi connectivity index (χ3n) is 6.13. The molecule has 1 amide bonds. The van der Waals surface area contributed by atoms with Gasteiger partial charge < -0.3 is 24.3 Å². The quantitative estimate of drug-likeness (QED) is 0.477. The Labute approximate surface area is 197 Å². The first kappa shape index (κ1) is 27.3. The number of alkyl halides is 1. The lowest BCUT2D eigenvalue weighted by Crippen LogP contribution is -2.51. The molecule has 1 aromatic rings. The van der Waals surface area contributed by atoms with Crippen LogP contribution in [0.1, 0.15) is 47.1 Å². The zero-order valence-electron chi connectivity index (χ0n) is 20.8. The van der Waals surface area contributed by atoms with E-state index >= 15 is 0 Å². The van der Waals surface area contributed by atoms with Crippen LogP contribution in [0.5, 0.6) is 0 Å². The van der Waals surface area contributed by atoms with E-state index in [-0.39, 0.29) is 24.5 Å². The molecule has 1 aliphatic heterocycles. The first-order valence-corrected chi connectivity index (χ1v) is 11.7. The Balaban J connectivity index is 1.95. The maximum atomic E-state index is 14.5. The van der Waals surface area contributed by atoms with Crippen LogP contribution < -0.4 is 5.32 Å². The Bertz CT molecular complexity index is 738. The molecule has 186 valence electrons. The van der Waals surface area contributed by atoms with Gasteiger partial charge in [-0.1, -0.05) is 57.2 Å². The fourth-order valence-corrected chi connectivity index (χ4v) is 3.77. The molecule has 7 heteroatoms. The van der Waals surface area contributed by atoms with E-state index in [4.69, 9.17) is 18.9 Å². The molecule has 1 aromatic carbocycles. The standard InChI is InChI=1S/C26H40FNO5/c1-8-21(27)22(28-25(29)33-26(5,6)7)15-31-24-19(4)17(2)18(3)23(32-24)16-30-14-20-12-10-9-11-13-20/h8-13,17-19,21-24H,1,14-16H2,2-7H3,(H,28,29)/t17-,18+,19?,21+,22-,23?,24+/m0/s1. The molecule has 2 unspecified atom stereocenters. The highest BCUT2D eigenvalue weighted by molar-refractivity contribution is 5.68. The number of alkyl carbamates (subject to hydrolysis) is 1. The van der Waals surface area contributed by atoms with Crippen molar-refractivity contribution in [2.24, 2.45) is 17.8 Å². The summed E-state index contributed by atoms with van der Waals surface area (Å²) in [5, 5.41) is 2.55. The predicted molar refractivity (Wildman–Crippen MR) is 126 cm³/mol. The molecule has 0 bridgehead atoms. The van der Waals surface area contributed by atoms with Crippen LogP contribution in [0.2, 0.25) is 0 Å². The summed E-state index contributed by atoms with van der Waals surface area (Å²) in [5.41, 5.74) is 0.416. The first-order chi connectivity index (χ1) is 15.5. The van der Waals surface area contributed by atoms with Gasteiger partial charge in [0.25, 0.3) is 0 Å². The number of benzene rings is 1. The number of amides is 1. The number of carbonyl (C=O) groups excluding carboxylic acids is 1. The lowest BCUT2D eigenvalue weighted by atomic mass is 9.79. The second-order valence-electron chi connectivity index (χ2n) is 9.89.